The fourth-order valence-corrected chi connectivity index (χ4v) is 3.43. The lowest BCUT2D eigenvalue weighted by molar-refractivity contribution is -0.384. The average molecular weight is 368 g/mol. The second kappa shape index (κ2) is 8.18. The summed E-state index contributed by atoms with van der Waals surface area (Å²) in [4.78, 5) is 28.0. The fraction of sp³-hybridized carbons (Fsp3) is 0.350. The van der Waals surface area contributed by atoms with E-state index in [0.717, 1.165) is 25.9 Å². The number of nitrogens with zero attached hydrogens (tertiary/aromatic N) is 3. The molecule has 0 atom stereocenters. The summed E-state index contributed by atoms with van der Waals surface area (Å²) < 4.78 is 0. The maximum atomic E-state index is 12.9. The van der Waals surface area contributed by atoms with Crippen molar-refractivity contribution in [3.63, 3.8) is 0 Å². The van der Waals surface area contributed by atoms with Gasteiger partial charge in [-0.2, -0.15) is 0 Å². The van der Waals surface area contributed by atoms with E-state index in [4.69, 9.17) is 0 Å². The van der Waals surface area contributed by atoms with Crippen LogP contribution in [0.1, 0.15) is 23.2 Å². The van der Waals surface area contributed by atoms with E-state index in [1.807, 2.05) is 25.2 Å². The molecule has 7 nitrogen and oxygen atoms in total. The molecule has 27 heavy (non-hydrogen) atoms. The Morgan fingerprint density at radius 1 is 1.19 bits per heavy atom. The lowest BCUT2D eigenvalue weighted by Gasteiger charge is -2.37. The molecule has 0 bridgehead atoms. The van der Waals surface area contributed by atoms with Gasteiger partial charge in [0.05, 0.1) is 16.2 Å². The van der Waals surface area contributed by atoms with Crippen LogP contribution in [0.4, 0.5) is 17.1 Å². The highest BCUT2D eigenvalue weighted by Crippen LogP contribution is 2.29. The van der Waals surface area contributed by atoms with Crippen LogP contribution in [0.15, 0.2) is 48.5 Å². The monoisotopic (exact) mass is 368 g/mol. The number of non-ortho nitro benzene ring substituents is 1. The van der Waals surface area contributed by atoms with Crippen LogP contribution in [0.5, 0.6) is 0 Å². The Morgan fingerprint density at radius 2 is 1.85 bits per heavy atom. The summed E-state index contributed by atoms with van der Waals surface area (Å²) in [7, 11) is 4.05. The molecule has 2 aromatic rings. The van der Waals surface area contributed by atoms with Crippen LogP contribution < -0.4 is 10.2 Å². The van der Waals surface area contributed by atoms with Crippen molar-refractivity contribution >= 4 is 23.0 Å². The number of hydrogen-bond acceptors (Lipinski definition) is 5. The molecule has 0 spiro atoms. The van der Waals surface area contributed by atoms with Crippen LogP contribution in [0.25, 0.3) is 0 Å². The number of carbonyl (C=O) groups excluding carboxylic acids is 1. The van der Waals surface area contributed by atoms with Crippen LogP contribution in [0.2, 0.25) is 0 Å². The number of nitro benzene ring substituents is 1. The number of hydrogen-bond donors (Lipinski definition) is 1. The molecule has 0 unspecified atom stereocenters. The van der Waals surface area contributed by atoms with E-state index in [-0.39, 0.29) is 11.6 Å². The van der Waals surface area contributed by atoms with Gasteiger partial charge in [-0.3, -0.25) is 14.9 Å². The van der Waals surface area contributed by atoms with Crippen molar-refractivity contribution in [2.24, 2.45) is 0 Å². The fourth-order valence-electron chi connectivity index (χ4n) is 3.43. The van der Waals surface area contributed by atoms with Crippen molar-refractivity contribution in [2.75, 3.05) is 37.4 Å². The van der Waals surface area contributed by atoms with Gasteiger partial charge in [0.25, 0.3) is 11.6 Å². The minimum absolute atomic E-state index is 0.0891. The first kappa shape index (κ1) is 18.8. The van der Waals surface area contributed by atoms with Gasteiger partial charge < -0.3 is 15.1 Å². The zero-order valence-electron chi connectivity index (χ0n) is 15.6. The Bertz CT molecular complexity index is 817. The number of anilines is 2. The molecule has 1 heterocycles. The third-order valence-electron chi connectivity index (χ3n) is 5.08. The lowest BCUT2D eigenvalue weighted by atomic mass is 10.0. The molecule has 1 saturated heterocycles. The number of piperidine rings is 1. The molecule has 0 saturated carbocycles. The lowest BCUT2D eigenvalue weighted by Crippen LogP contribution is -2.42. The Balaban J connectivity index is 1.90. The Kier molecular flexibility index (Phi) is 5.71. The molecule has 1 aliphatic heterocycles. The van der Waals surface area contributed by atoms with E-state index in [1.165, 1.54) is 12.1 Å². The highest BCUT2D eigenvalue weighted by Gasteiger charge is 2.25. The SMILES string of the molecule is CN1CCC(N(C)c2ccc([N+](=O)[O-])cc2C(=O)Nc2ccccc2)CC1. The highest BCUT2D eigenvalue weighted by atomic mass is 16.6. The Morgan fingerprint density at radius 3 is 2.48 bits per heavy atom. The first-order chi connectivity index (χ1) is 13.0. The first-order valence-electron chi connectivity index (χ1n) is 9.02. The summed E-state index contributed by atoms with van der Waals surface area (Å²) in [5.74, 6) is -0.348. The van der Waals surface area contributed by atoms with E-state index in [9.17, 15) is 14.9 Å². The van der Waals surface area contributed by atoms with E-state index in [0.29, 0.717) is 23.0 Å². The van der Waals surface area contributed by atoms with Gasteiger partial charge in [-0.15, -0.1) is 0 Å². The molecule has 142 valence electrons. The third kappa shape index (κ3) is 4.43. The van der Waals surface area contributed by atoms with Gasteiger partial charge >= 0.3 is 0 Å². The quantitative estimate of drug-likeness (QED) is 0.647. The number of para-hydroxylation sites is 1. The molecule has 0 aromatic heterocycles. The van der Waals surface area contributed by atoms with Gasteiger partial charge in [0.2, 0.25) is 0 Å². The van der Waals surface area contributed by atoms with E-state index < -0.39 is 4.92 Å². The minimum Gasteiger partial charge on any atom is -0.371 e. The summed E-state index contributed by atoms with van der Waals surface area (Å²) >= 11 is 0. The predicted molar refractivity (Wildman–Crippen MR) is 106 cm³/mol. The number of carbonyl (C=O) groups is 1. The van der Waals surface area contributed by atoms with Crippen molar-refractivity contribution in [3.05, 3.63) is 64.2 Å². The molecule has 1 aliphatic rings. The Labute approximate surface area is 158 Å². The van der Waals surface area contributed by atoms with Crippen LogP contribution in [-0.2, 0) is 0 Å². The largest absolute Gasteiger partial charge is 0.371 e. The summed E-state index contributed by atoms with van der Waals surface area (Å²) in [6, 6.07) is 13.9. The van der Waals surface area contributed by atoms with Gasteiger partial charge in [0.1, 0.15) is 0 Å². The number of nitro groups is 1. The number of benzene rings is 2. The maximum Gasteiger partial charge on any atom is 0.270 e. The molecule has 1 N–H and O–H groups in total. The summed E-state index contributed by atoms with van der Waals surface area (Å²) in [6.07, 6.45) is 1.98. The molecular weight excluding hydrogens is 344 g/mol. The third-order valence-corrected chi connectivity index (χ3v) is 5.08. The number of amides is 1. The number of rotatable bonds is 5. The van der Waals surface area contributed by atoms with Crippen LogP contribution in [0.3, 0.4) is 0 Å². The Hall–Kier alpha value is -2.93. The summed E-state index contributed by atoms with van der Waals surface area (Å²) in [6.45, 7) is 1.99. The number of nitrogens with one attached hydrogen (secondary N) is 1. The normalized spacial score (nSPS) is 15.3. The van der Waals surface area contributed by atoms with Gasteiger partial charge in [-0.05, 0) is 51.2 Å². The molecule has 1 amide bonds. The first-order valence-corrected chi connectivity index (χ1v) is 9.02. The zero-order chi connectivity index (χ0) is 19.4. The minimum atomic E-state index is -0.474. The average Bonchev–Trinajstić information content (AvgIpc) is 2.68. The molecule has 2 aromatic carbocycles. The van der Waals surface area contributed by atoms with Crippen molar-refractivity contribution in [1.29, 1.82) is 0 Å². The van der Waals surface area contributed by atoms with E-state index >= 15 is 0 Å². The number of likely N-dealkylation sites (tertiary alicyclic amines) is 1. The summed E-state index contributed by atoms with van der Waals surface area (Å²) in [5.41, 5.74) is 1.59. The van der Waals surface area contributed by atoms with Crippen molar-refractivity contribution in [3.8, 4) is 0 Å². The molecule has 1 fully saturated rings. The van der Waals surface area contributed by atoms with Crippen molar-refractivity contribution < 1.29 is 9.72 Å². The van der Waals surface area contributed by atoms with Gasteiger partial charge in [0.15, 0.2) is 0 Å². The van der Waals surface area contributed by atoms with Crippen molar-refractivity contribution in [1.82, 2.24) is 4.90 Å². The van der Waals surface area contributed by atoms with Gasteiger partial charge in [-0.1, -0.05) is 18.2 Å². The van der Waals surface area contributed by atoms with Crippen LogP contribution >= 0.6 is 0 Å². The van der Waals surface area contributed by atoms with E-state index in [1.54, 1.807) is 18.2 Å². The highest BCUT2D eigenvalue weighted by molar-refractivity contribution is 6.08. The van der Waals surface area contributed by atoms with Gasteiger partial charge in [-0.25, -0.2) is 0 Å². The van der Waals surface area contributed by atoms with Crippen molar-refractivity contribution in [2.45, 2.75) is 18.9 Å². The van der Waals surface area contributed by atoms with Crippen LogP contribution in [-0.4, -0.2) is 49.0 Å². The zero-order valence-corrected chi connectivity index (χ0v) is 15.6. The molecular formula is C20H24N4O3. The predicted octanol–water partition coefficient (Wildman–Crippen LogP) is 3.38. The molecule has 7 heteroatoms. The molecule has 0 aliphatic carbocycles. The topological polar surface area (TPSA) is 78.7 Å². The van der Waals surface area contributed by atoms with Crippen LogP contribution in [0, 0.1) is 10.1 Å². The standard InChI is InChI=1S/C20H24N4O3/c1-22-12-10-16(11-13-22)23(2)19-9-8-17(24(26)27)14-18(19)20(25)21-15-6-4-3-5-7-15/h3-9,14,16H,10-13H2,1-2H3,(H,21,25). The summed E-state index contributed by atoms with van der Waals surface area (Å²) in [5, 5.41) is 14.0. The second-order valence-electron chi connectivity index (χ2n) is 6.92. The van der Waals surface area contributed by atoms with Gasteiger partial charge in [0, 0.05) is 30.9 Å². The maximum absolute atomic E-state index is 12.9. The molecule has 0 radical (unpaired) electrons. The molecule has 3 rings (SSSR count). The second-order valence-corrected chi connectivity index (χ2v) is 6.92. The smallest absolute Gasteiger partial charge is 0.270 e. The van der Waals surface area contributed by atoms with E-state index in [2.05, 4.69) is 22.2 Å².